The van der Waals surface area contributed by atoms with E-state index in [1.165, 1.54) is 12.2 Å². The van der Waals surface area contributed by atoms with E-state index >= 15 is 4.39 Å². The van der Waals surface area contributed by atoms with Gasteiger partial charge in [-0.3, -0.25) is 9.59 Å². The summed E-state index contributed by atoms with van der Waals surface area (Å²) in [7, 11) is 0. The van der Waals surface area contributed by atoms with Crippen molar-refractivity contribution in [2.45, 2.75) is 96.1 Å². The van der Waals surface area contributed by atoms with Gasteiger partial charge in [-0.15, -0.1) is 0 Å². The van der Waals surface area contributed by atoms with Crippen molar-refractivity contribution in [1.29, 1.82) is 0 Å². The standard InChI is InChI=1S/C27H37FO6/c1-5-16(2)12-23(33)34-26(22(32)15-29)11-9-19-20-7-6-17-13-18(30)8-10-24(17,3)27(20,28)21(31)14-25(19,26)4/h8,10,13,15-16,19-22,31-32H,5-7,9,11-12,14H2,1-4H3/t16?,19-,20-,21-,22?,24-,25-,26-,27?/m0/s1. The number of ether oxygens (including phenoxy) is 1. The second kappa shape index (κ2) is 8.37. The number of aliphatic hydroxyl groups is 2. The van der Waals surface area contributed by atoms with Crippen LogP contribution < -0.4 is 0 Å². The van der Waals surface area contributed by atoms with Crippen molar-refractivity contribution in [2.75, 3.05) is 0 Å². The zero-order valence-electron chi connectivity index (χ0n) is 20.6. The van der Waals surface area contributed by atoms with Crippen molar-refractivity contribution < 1.29 is 33.7 Å². The van der Waals surface area contributed by atoms with Crippen LogP contribution >= 0.6 is 0 Å². The van der Waals surface area contributed by atoms with Gasteiger partial charge in [0.25, 0.3) is 0 Å². The second-order valence-corrected chi connectivity index (χ2v) is 11.5. The lowest BCUT2D eigenvalue weighted by Gasteiger charge is -2.63. The van der Waals surface area contributed by atoms with E-state index in [2.05, 4.69) is 0 Å². The molecule has 4 aliphatic rings. The number of fused-ring (bicyclic) bond motifs is 5. The van der Waals surface area contributed by atoms with Crippen LogP contribution in [0.1, 0.15) is 72.6 Å². The van der Waals surface area contributed by atoms with Crippen LogP contribution in [-0.2, 0) is 19.1 Å². The van der Waals surface area contributed by atoms with Gasteiger partial charge >= 0.3 is 5.97 Å². The van der Waals surface area contributed by atoms with Crippen LogP contribution in [0.4, 0.5) is 4.39 Å². The fourth-order valence-electron chi connectivity index (χ4n) is 7.73. The molecule has 7 heteroatoms. The predicted octanol–water partition coefficient (Wildman–Crippen LogP) is 3.64. The summed E-state index contributed by atoms with van der Waals surface area (Å²) in [6, 6.07) is 0. The van der Waals surface area contributed by atoms with E-state index in [4.69, 9.17) is 4.74 Å². The van der Waals surface area contributed by atoms with Crippen molar-refractivity contribution in [1.82, 2.24) is 0 Å². The number of halogens is 1. The number of esters is 1. The number of aliphatic hydroxyl groups excluding tert-OH is 2. The molecule has 0 aliphatic heterocycles. The number of carbonyl (C=O) groups is 3. The lowest BCUT2D eigenvalue weighted by molar-refractivity contribution is -0.241. The Hall–Kier alpha value is -1.86. The van der Waals surface area contributed by atoms with Crippen molar-refractivity contribution in [3.63, 3.8) is 0 Å². The largest absolute Gasteiger partial charge is 0.455 e. The molecular formula is C27H37FO6. The Balaban J connectivity index is 1.75. The Bertz CT molecular complexity index is 943. The first-order chi connectivity index (χ1) is 15.9. The third-order valence-corrected chi connectivity index (χ3v) is 9.94. The average molecular weight is 477 g/mol. The number of ketones is 1. The summed E-state index contributed by atoms with van der Waals surface area (Å²) < 4.78 is 23.2. The Morgan fingerprint density at radius 3 is 2.68 bits per heavy atom. The number of hydrogen-bond donors (Lipinski definition) is 2. The van der Waals surface area contributed by atoms with Crippen molar-refractivity contribution >= 4 is 18.0 Å². The molecule has 0 bridgehead atoms. The molecule has 6 nitrogen and oxygen atoms in total. The Morgan fingerprint density at radius 2 is 2.03 bits per heavy atom. The van der Waals surface area contributed by atoms with E-state index in [1.54, 1.807) is 13.0 Å². The van der Waals surface area contributed by atoms with E-state index in [1.807, 2.05) is 20.8 Å². The van der Waals surface area contributed by atoms with E-state index < -0.39 is 46.2 Å². The molecule has 0 saturated heterocycles. The normalized spacial score (nSPS) is 44.9. The molecule has 0 aromatic heterocycles. The lowest BCUT2D eigenvalue weighted by Crippen LogP contribution is -2.70. The summed E-state index contributed by atoms with van der Waals surface area (Å²) in [6.45, 7) is 7.47. The number of aldehydes is 1. The van der Waals surface area contributed by atoms with Gasteiger partial charge in [0.1, 0.15) is 6.10 Å². The van der Waals surface area contributed by atoms with Crippen LogP contribution in [0.25, 0.3) is 0 Å². The van der Waals surface area contributed by atoms with Crippen LogP contribution in [0, 0.1) is 28.6 Å². The van der Waals surface area contributed by atoms with Crippen LogP contribution in [0.3, 0.4) is 0 Å². The van der Waals surface area contributed by atoms with Gasteiger partial charge in [-0.2, -0.15) is 0 Å². The molecule has 4 aliphatic carbocycles. The van der Waals surface area contributed by atoms with Gasteiger partial charge < -0.3 is 19.7 Å². The number of rotatable bonds is 6. The maximum Gasteiger partial charge on any atom is 0.306 e. The van der Waals surface area contributed by atoms with Crippen molar-refractivity contribution in [2.24, 2.45) is 28.6 Å². The van der Waals surface area contributed by atoms with E-state index in [-0.39, 0.29) is 36.9 Å². The molecule has 4 rings (SSSR count). The zero-order valence-corrected chi connectivity index (χ0v) is 20.6. The average Bonchev–Trinajstić information content (AvgIpc) is 3.07. The molecular weight excluding hydrogens is 439 g/mol. The molecule has 0 aromatic rings. The van der Waals surface area contributed by atoms with E-state index in [0.717, 1.165) is 6.42 Å². The van der Waals surface area contributed by atoms with Gasteiger partial charge in [0.05, 0.1) is 6.10 Å². The SMILES string of the molecule is CCC(C)CC(=O)O[C@]1(C(O)C=O)CC[C@H]2[C@@H]3CCC4=CC(=O)C=C[C@]4(C)C3(F)[C@@H](O)C[C@@]21C. The van der Waals surface area contributed by atoms with Gasteiger partial charge in [0, 0.05) is 23.2 Å². The third kappa shape index (κ3) is 3.22. The molecule has 34 heavy (non-hydrogen) atoms. The van der Waals surface area contributed by atoms with Crippen molar-refractivity contribution in [3.05, 3.63) is 23.8 Å². The monoisotopic (exact) mass is 476 g/mol. The highest BCUT2D eigenvalue weighted by Crippen LogP contribution is 2.70. The number of carbonyl (C=O) groups excluding carboxylic acids is 3. The number of alkyl halides is 1. The van der Waals surface area contributed by atoms with Crippen LogP contribution in [0.5, 0.6) is 0 Å². The van der Waals surface area contributed by atoms with Gasteiger partial charge in [-0.05, 0) is 63.0 Å². The summed E-state index contributed by atoms with van der Waals surface area (Å²) in [6.07, 6.45) is 4.42. The number of allylic oxidation sites excluding steroid dienone is 4. The summed E-state index contributed by atoms with van der Waals surface area (Å²) in [5.41, 5.74) is -4.93. The smallest absolute Gasteiger partial charge is 0.306 e. The first-order valence-corrected chi connectivity index (χ1v) is 12.6. The van der Waals surface area contributed by atoms with Gasteiger partial charge in [-0.1, -0.05) is 38.8 Å². The molecule has 3 saturated carbocycles. The predicted molar refractivity (Wildman–Crippen MR) is 123 cm³/mol. The Kier molecular flexibility index (Phi) is 6.21. The van der Waals surface area contributed by atoms with Crippen LogP contribution in [0.15, 0.2) is 23.8 Å². The second-order valence-electron chi connectivity index (χ2n) is 11.5. The van der Waals surface area contributed by atoms with Gasteiger partial charge in [0.2, 0.25) is 0 Å². The molecule has 0 spiro atoms. The van der Waals surface area contributed by atoms with Crippen molar-refractivity contribution in [3.8, 4) is 0 Å². The molecule has 3 fully saturated rings. The highest BCUT2D eigenvalue weighted by molar-refractivity contribution is 6.01. The Morgan fingerprint density at radius 1 is 1.32 bits per heavy atom. The summed E-state index contributed by atoms with van der Waals surface area (Å²) >= 11 is 0. The van der Waals surface area contributed by atoms with Crippen LogP contribution in [-0.4, -0.2) is 51.7 Å². The molecule has 2 N–H and O–H groups in total. The summed E-state index contributed by atoms with van der Waals surface area (Å²) in [4.78, 5) is 36.7. The van der Waals surface area contributed by atoms with E-state index in [0.29, 0.717) is 31.1 Å². The topological polar surface area (TPSA) is 101 Å². The van der Waals surface area contributed by atoms with Crippen LogP contribution in [0.2, 0.25) is 0 Å². The minimum atomic E-state index is -2.01. The first kappa shape index (κ1) is 25.2. The summed E-state index contributed by atoms with van der Waals surface area (Å²) in [5, 5.41) is 22.3. The first-order valence-electron chi connectivity index (χ1n) is 12.6. The fraction of sp³-hybridized carbons (Fsp3) is 0.741. The molecule has 0 radical (unpaired) electrons. The fourth-order valence-corrected chi connectivity index (χ4v) is 7.73. The number of hydrogen-bond acceptors (Lipinski definition) is 6. The maximum absolute atomic E-state index is 17.2. The minimum absolute atomic E-state index is 0.0587. The van der Waals surface area contributed by atoms with E-state index in [9.17, 15) is 24.6 Å². The molecule has 0 aromatic carbocycles. The maximum atomic E-state index is 17.2. The molecule has 188 valence electrons. The highest BCUT2D eigenvalue weighted by Gasteiger charge is 2.75. The van der Waals surface area contributed by atoms with Gasteiger partial charge in [0.15, 0.2) is 23.3 Å². The molecule has 3 unspecified atom stereocenters. The zero-order chi connectivity index (χ0) is 25.1. The van der Waals surface area contributed by atoms with Gasteiger partial charge in [-0.25, -0.2) is 4.39 Å². The highest BCUT2D eigenvalue weighted by atomic mass is 19.1. The minimum Gasteiger partial charge on any atom is -0.455 e. The lowest BCUT2D eigenvalue weighted by atomic mass is 9.44. The summed E-state index contributed by atoms with van der Waals surface area (Å²) in [5.74, 6) is -1.46. The third-order valence-electron chi connectivity index (χ3n) is 9.94. The quantitative estimate of drug-likeness (QED) is 0.448. The molecule has 0 amide bonds. The molecule has 9 atom stereocenters. The Labute approximate surface area is 200 Å². The molecule has 0 heterocycles.